The van der Waals surface area contributed by atoms with Crippen LogP contribution in [-0.4, -0.2) is 10.7 Å². The SMILES string of the molecule is CC(C)CSCc1ncc(C(C)C)s1. The molecule has 80 valence electrons. The largest absolute Gasteiger partial charge is 0.249 e. The Labute approximate surface area is 95.3 Å². The Hall–Kier alpha value is -0.0200. The van der Waals surface area contributed by atoms with Crippen molar-refractivity contribution in [3.8, 4) is 0 Å². The number of rotatable bonds is 5. The van der Waals surface area contributed by atoms with Crippen molar-refractivity contribution >= 4 is 23.1 Å². The zero-order chi connectivity index (χ0) is 10.6. The van der Waals surface area contributed by atoms with Gasteiger partial charge < -0.3 is 0 Å². The Morgan fingerprint density at radius 1 is 1.36 bits per heavy atom. The molecule has 0 spiro atoms. The van der Waals surface area contributed by atoms with Crippen LogP contribution in [0.2, 0.25) is 0 Å². The van der Waals surface area contributed by atoms with Gasteiger partial charge in [-0.2, -0.15) is 11.8 Å². The van der Waals surface area contributed by atoms with Gasteiger partial charge in [-0.05, 0) is 17.6 Å². The van der Waals surface area contributed by atoms with E-state index in [0.717, 1.165) is 11.7 Å². The molecule has 0 amide bonds. The van der Waals surface area contributed by atoms with Crippen LogP contribution in [0.1, 0.15) is 43.5 Å². The van der Waals surface area contributed by atoms with E-state index in [1.54, 1.807) is 0 Å². The number of thiazole rings is 1. The van der Waals surface area contributed by atoms with Crippen molar-refractivity contribution in [1.29, 1.82) is 0 Å². The van der Waals surface area contributed by atoms with Crippen LogP contribution in [0, 0.1) is 5.92 Å². The first-order chi connectivity index (χ1) is 6.59. The second-order valence-electron chi connectivity index (χ2n) is 4.22. The monoisotopic (exact) mass is 229 g/mol. The predicted molar refractivity (Wildman–Crippen MR) is 67.2 cm³/mol. The summed E-state index contributed by atoms with van der Waals surface area (Å²) in [5.41, 5.74) is 0. The Morgan fingerprint density at radius 2 is 2.07 bits per heavy atom. The van der Waals surface area contributed by atoms with E-state index in [9.17, 15) is 0 Å². The molecule has 0 atom stereocenters. The summed E-state index contributed by atoms with van der Waals surface area (Å²) in [5, 5.41) is 1.28. The highest BCUT2D eigenvalue weighted by molar-refractivity contribution is 7.98. The highest BCUT2D eigenvalue weighted by atomic mass is 32.2. The standard InChI is InChI=1S/C11H19NS2/c1-8(2)6-13-7-11-12-5-10(14-11)9(3)4/h5,8-9H,6-7H2,1-4H3. The third-order valence-corrected chi connectivity index (χ3v) is 4.68. The van der Waals surface area contributed by atoms with E-state index in [2.05, 4.69) is 32.7 Å². The fraction of sp³-hybridized carbons (Fsp3) is 0.727. The molecule has 1 aromatic rings. The Balaban J connectivity index is 2.36. The second kappa shape index (κ2) is 5.76. The van der Waals surface area contributed by atoms with Crippen LogP contribution in [0.15, 0.2) is 6.20 Å². The average Bonchev–Trinajstić information content (AvgIpc) is 2.52. The lowest BCUT2D eigenvalue weighted by Crippen LogP contribution is -1.90. The van der Waals surface area contributed by atoms with Crippen molar-refractivity contribution < 1.29 is 0 Å². The van der Waals surface area contributed by atoms with Crippen LogP contribution in [0.4, 0.5) is 0 Å². The smallest absolute Gasteiger partial charge is 0.103 e. The van der Waals surface area contributed by atoms with Crippen LogP contribution in [-0.2, 0) is 5.75 Å². The quantitative estimate of drug-likeness (QED) is 0.752. The summed E-state index contributed by atoms with van der Waals surface area (Å²) < 4.78 is 0. The molecule has 1 aromatic heterocycles. The van der Waals surface area contributed by atoms with Gasteiger partial charge in [0.1, 0.15) is 5.01 Å². The van der Waals surface area contributed by atoms with Gasteiger partial charge in [0.2, 0.25) is 0 Å². The molecule has 0 unspecified atom stereocenters. The van der Waals surface area contributed by atoms with E-state index in [0.29, 0.717) is 5.92 Å². The molecular weight excluding hydrogens is 210 g/mol. The average molecular weight is 229 g/mol. The molecule has 0 N–H and O–H groups in total. The van der Waals surface area contributed by atoms with Gasteiger partial charge in [0, 0.05) is 16.8 Å². The molecule has 0 aliphatic carbocycles. The van der Waals surface area contributed by atoms with Gasteiger partial charge in [0.05, 0.1) is 0 Å². The molecule has 0 aromatic carbocycles. The fourth-order valence-corrected chi connectivity index (χ4v) is 3.08. The molecule has 0 aliphatic heterocycles. The molecule has 1 heterocycles. The molecule has 14 heavy (non-hydrogen) atoms. The molecule has 0 bridgehead atoms. The van der Waals surface area contributed by atoms with E-state index in [-0.39, 0.29) is 0 Å². The maximum absolute atomic E-state index is 4.43. The van der Waals surface area contributed by atoms with E-state index >= 15 is 0 Å². The van der Waals surface area contributed by atoms with Gasteiger partial charge in [-0.25, -0.2) is 4.98 Å². The van der Waals surface area contributed by atoms with Gasteiger partial charge >= 0.3 is 0 Å². The Kier molecular flexibility index (Phi) is 4.96. The topological polar surface area (TPSA) is 12.9 Å². The van der Waals surface area contributed by atoms with Gasteiger partial charge in [0.25, 0.3) is 0 Å². The Morgan fingerprint density at radius 3 is 2.57 bits per heavy atom. The second-order valence-corrected chi connectivity index (χ2v) is 6.40. The summed E-state index contributed by atoms with van der Waals surface area (Å²) in [5.74, 6) is 3.72. The highest BCUT2D eigenvalue weighted by Crippen LogP contribution is 2.25. The molecule has 0 aliphatic rings. The van der Waals surface area contributed by atoms with Crippen LogP contribution >= 0.6 is 23.1 Å². The van der Waals surface area contributed by atoms with Crippen molar-refractivity contribution in [2.75, 3.05) is 5.75 Å². The van der Waals surface area contributed by atoms with E-state index in [1.807, 2.05) is 29.3 Å². The summed E-state index contributed by atoms with van der Waals surface area (Å²) in [6.45, 7) is 8.96. The predicted octanol–water partition coefficient (Wildman–Crippen LogP) is 4.16. The molecular formula is C11H19NS2. The lowest BCUT2D eigenvalue weighted by Gasteiger charge is -2.01. The van der Waals surface area contributed by atoms with Crippen LogP contribution in [0.3, 0.4) is 0 Å². The first-order valence-corrected chi connectivity index (χ1v) is 7.09. The molecule has 1 nitrogen and oxygen atoms in total. The molecule has 3 heteroatoms. The summed E-state index contributed by atoms with van der Waals surface area (Å²) >= 11 is 3.85. The molecule has 0 fully saturated rings. The van der Waals surface area contributed by atoms with Gasteiger partial charge in [-0.15, -0.1) is 11.3 Å². The van der Waals surface area contributed by atoms with E-state index in [4.69, 9.17) is 0 Å². The maximum Gasteiger partial charge on any atom is 0.103 e. The van der Waals surface area contributed by atoms with Crippen LogP contribution < -0.4 is 0 Å². The third-order valence-electron chi connectivity index (χ3n) is 1.82. The number of nitrogens with zero attached hydrogens (tertiary/aromatic N) is 1. The summed E-state index contributed by atoms with van der Waals surface area (Å²) in [4.78, 5) is 5.84. The minimum absolute atomic E-state index is 0.622. The minimum Gasteiger partial charge on any atom is -0.249 e. The minimum atomic E-state index is 0.622. The number of hydrogen-bond acceptors (Lipinski definition) is 3. The van der Waals surface area contributed by atoms with Crippen molar-refractivity contribution in [3.63, 3.8) is 0 Å². The van der Waals surface area contributed by atoms with E-state index < -0.39 is 0 Å². The summed E-state index contributed by atoms with van der Waals surface area (Å²) in [6.07, 6.45) is 2.03. The van der Waals surface area contributed by atoms with Gasteiger partial charge in [-0.3, -0.25) is 0 Å². The van der Waals surface area contributed by atoms with E-state index in [1.165, 1.54) is 15.6 Å². The van der Waals surface area contributed by atoms with Crippen molar-refractivity contribution in [1.82, 2.24) is 4.98 Å². The molecule has 0 saturated heterocycles. The zero-order valence-corrected chi connectivity index (χ0v) is 11.0. The number of thioether (sulfide) groups is 1. The molecule has 0 radical (unpaired) electrons. The summed E-state index contributed by atoms with van der Waals surface area (Å²) in [6, 6.07) is 0. The van der Waals surface area contributed by atoms with Crippen LogP contribution in [0.25, 0.3) is 0 Å². The van der Waals surface area contributed by atoms with Crippen molar-refractivity contribution in [3.05, 3.63) is 16.1 Å². The van der Waals surface area contributed by atoms with Gasteiger partial charge in [0.15, 0.2) is 0 Å². The van der Waals surface area contributed by atoms with Crippen molar-refractivity contribution in [2.45, 2.75) is 39.4 Å². The van der Waals surface area contributed by atoms with Crippen LogP contribution in [0.5, 0.6) is 0 Å². The zero-order valence-electron chi connectivity index (χ0n) is 9.41. The van der Waals surface area contributed by atoms with Gasteiger partial charge in [-0.1, -0.05) is 27.7 Å². The molecule has 1 rings (SSSR count). The first kappa shape index (κ1) is 12.1. The lowest BCUT2D eigenvalue weighted by molar-refractivity contribution is 0.750. The lowest BCUT2D eigenvalue weighted by atomic mass is 10.2. The maximum atomic E-state index is 4.43. The third kappa shape index (κ3) is 4.01. The molecule has 0 saturated carbocycles. The highest BCUT2D eigenvalue weighted by Gasteiger charge is 2.05. The summed E-state index contributed by atoms with van der Waals surface area (Å²) in [7, 11) is 0. The number of aromatic nitrogens is 1. The van der Waals surface area contributed by atoms with Crippen molar-refractivity contribution in [2.24, 2.45) is 5.92 Å². The Bertz CT molecular complexity index is 266. The normalized spacial score (nSPS) is 11.6. The number of hydrogen-bond donors (Lipinski definition) is 0. The fourth-order valence-electron chi connectivity index (χ4n) is 1.04. The first-order valence-electron chi connectivity index (χ1n) is 5.12.